The van der Waals surface area contributed by atoms with E-state index in [0.29, 0.717) is 26.1 Å². The van der Waals surface area contributed by atoms with Crippen molar-refractivity contribution in [3.63, 3.8) is 0 Å². The minimum atomic E-state index is -0.157. The lowest BCUT2D eigenvalue weighted by Gasteiger charge is -2.35. The first-order valence-electron chi connectivity index (χ1n) is 8.92. The van der Waals surface area contributed by atoms with Crippen molar-refractivity contribution in [3.05, 3.63) is 29.3 Å². The number of hydrogen-bond acceptors (Lipinski definition) is 3. The third-order valence-electron chi connectivity index (χ3n) is 4.96. The van der Waals surface area contributed by atoms with Crippen LogP contribution >= 0.6 is 0 Å². The van der Waals surface area contributed by atoms with Crippen molar-refractivity contribution < 1.29 is 14.3 Å². The first-order chi connectivity index (χ1) is 11.8. The van der Waals surface area contributed by atoms with Gasteiger partial charge in [0, 0.05) is 31.7 Å². The predicted molar refractivity (Wildman–Crippen MR) is 96.8 cm³/mol. The highest BCUT2D eigenvalue weighted by Crippen LogP contribution is 2.24. The Labute approximate surface area is 149 Å². The Balaban J connectivity index is 1.62. The number of hydrogen-bond donors (Lipinski definition) is 1. The molecule has 1 aromatic rings. The lowest BCUT2D eigenvalue weighted by molar-refractivity contribution is -0.117. The standard InChI is InChI=1S/C19H27N3O3/c1-12-5-6-17(7-13(12)2)22-11-16(8-18(22)23)20-19(24)21-9-14(3)25-15(4)10-21/h5-7,14-16H,8-11H2,1-4H3,(H,20,24)/t14-,15-,16+/m1/s1. The Bertz CT molecular complexity index is 666. The molecule has 2 aliphatic heterocycles. The second-order valence-corrected chi connectivity index (χ2v) is 7.29. The number of nitrogens with one attached hydrogen (secondary N) is 1. The number of ether oxygens (including phenoxy) is 1. The first-order valence-corrected chi connectivity index (χ1v) is 8.92. The summed E-state index contributed by atoms with van der Waals surface area (Å²) >= 11 is 0. The fourth-order valence-corrected chi connectivity index (χ4v) is 3.56. The van der Waals surface area contributed by atoms with E-state index in [-0.39, 0.29) is 30.2 Å². The fourth-order valence-electron chi connectivity index (χ4n) is 3.56. The van der Waals surface area contributed by atoms with Gasteiger partial charge in [-0.3, -0.25) is 4.79 Å². The molecule has 3 atom stereocenters. The van der Waals surface area contributed by atoms with Crippen LogP contribution in [-0.2, 0) is 9.53 Å². The Morgan fingerprint density at radius 2 is 1.80 bits per heavy atom. The van der Waals surface area contributed by atoms with Crippen molar-refractivity contribution in [2.45, 2.75) is 52.4 Å². The van der Waals surface area contributed by atoms with Crippen LogP contribution in [0.2, 0.25) is 0 Å². The molecule has 3 amide bonds. The van der Waals surface area contributed by atoms with Crippen LogP contribution in [0.25, 0.3) is 0 Å². The van der Waals surface area contributed by atoms with Gasteiger partial charge in [0.1, 0.15) is 0 Å². The van der Waals surface area contributed by atoms with E-state index in [1.807, 2.05) is 39.0 Å². The van der Waals surface area contributed by atoms with Crippen molar-refractivity contribution in [3.8, 4) is 0 Å². The maximum Gasteiger partial charge on any atom is 0.317 e. The summed E-state index contributed by atoms with van der Waals surface area (Å²) in [6.07, 6.45) is 0.409. The molecule has 0 radical (unpaired) electrons. The molecule has 6 nitrogen and oxygen atoms in total. The molecule has 6 heteroatoms. The highest BCUT2D eigenvalue weighted by molar-refractivity contribution is 5.97. The van der Waals surface area contributed by atoms with Gasteiger partial charge >= 0.3 is 6.03 Å². The highest BCUT2D eigenvalue weighted by atomic mass is 16.5. The Morgan fingerprint density at radius 3 is 2.44 bits per heavy atom. The molecule has 136 valence electrons. The quantitative estimate of drug-likeness (QED) is 0.894. The minimum absolute atomic E-state index is 0.0340. The molecule has 0 saturated carbocycles. The lowest BCUT2D eigenvalue weighted by Crippen LogP contribution is -2.53. The Kier molecular flexibility index (Phi) is 4.99. The van der Waals surface area contributed by atoms with Gasteiger partial charge in [-0.15, -0.1) is 0 Å². The molecular formula is C19H27N3O3. The Morgan fingerprint density at radius 1 is 1.12 bits per heavy atom. The van der Waals surface area contributed by atoms with Crippen molar-refractivity contribution >= 4 is 17.6 Å². The number of carbonyl (C=O) groups excluding carboxylic acids is 2. The van der Waals surface area contributed by atoms with Gasteiger partial charge in [0.15, 0.2) is 0 Å². The summed E-state index contributed by atoms with van der Waals surface area (Å²) in [5, 5.41) is 3.01. The summed E-state index contributed by atoms with van der Waals surface area (Å²) in [5.74, 6) is 0.0530. The minimum Gasteiger partial charge on any atom is -0.372 e. The molecule has 0 bridgehead atoms. The highest BCUT2D eigenvalue weighted by Gasteiger charge is 2.34. The van der Waals surface area contributed by atoms with Gasteiger partial charge in [-0.1, -0.05) is 6.07 Å². The molecule has 2 saturated heterocycles. The monoisotopic (exact) mass is 345 g/mol. The average molecular weight is 345 g/mol. The summed E-state index contributed by atoms with van der Waals surface area (Å²) in [5.41, 5.74) is 3.27. The molecule has 1 aromatic carbocycles. The second-order valence-electron chi connectivity index (χ2n) is 7.29. The van der Waals surface area contributed by atoms with Gasteiger partial charge in [-0.2, -0.15) is 0 Å². The van der Waals surface area contributed by atoms with Crippen molar-refractivity contribution in [2.75, 3.05) is 24.5 Å². The zero-order valence-electron chi connectivity index (χ0n) is 15.4. The zero-order valence-corrected chi connectivity index (χ0v) is 15.4. The number of amides is 3. The molecule has 0 spiro atoms. The first kappa shape index (κ1) is 17.7. The van der Waals surface area contributed by atoms with Gasteiger partial charge in [-0.05, 0) is 51.0 Å². The van der Waals surface area contributed by atoms with Crippen molar-refractivity contribution in [2.24, 2.45) is 0 Å². The fraction of sp³-hybridized carbons (Fsp3) is 0.579. The maximum absolute atomic E-state index is 12.5. The summed E-state index contributed by atoms with van der Waals surface area (Å²) in [6.45, 7) is 9.71. The molecule has 2 aliphatic rings. The topological polar surface area (TPSA) is 61.9 Å². The number of urea groups is 1. The number of nitrogens with zero attached hydrogens (tertiary/aromatic N) is 2. The molecule has 0 aromatic heterocycles. The van der Waals surface area contributed by atoms with Crippen LogP contribution in [0.4, 0.5) is 10.5 Å². The van der Waals surface area contributed by atoms with Crippen LogP contribution in [0.15, 0.2) is 18.2 Å². The normalized spacial score (nSPS) is 26.9. The predicted octanol–water partition coefficient (Wildman–Crippen LogP) is 2.23. The van der Waals surface area contributed by atoms with E-state index in [9.17, 15) is 9.59 Å². The summed E-state index contributed by atoms with van der Waals surface area (Å²) in [7, 11) is 0. The number of aryl methyl sites for hydroxylation is 2. The number of carbonyl (C=O) groups is 2. The van der Waals surface area contributed by atoms with Crippen LogP contribution in [0.1, 0.15) is 31.4 Å². The van der Waals surface area contributed by atoms with E-state index in [1.165, 1.54) is 5.56 Å². The average Bonchev–Trinajstić information content (AvgIpc) is 2.89. The lowest BCUT2D eigenvalue weighted by atomic mass is 10.1. The van der Waals surface area contributed by atoms with E-state index in [2.05, 4.69) is 12.2 Å². The van der Waals surface area contributed by atoms with E-state index in [1.54, 1.807) is 9.80 Å². The summed E-state index contributed by atoms with van der Waals surface area (Å²) in [6, 6.07) is 5.76. The van der Waals surface area contributed by atoms with Crippen LogP contribution in [0.5, 0.6) is 0 Å². The van der Waals surface area contributed by atoms with Crippen LogP contribution in [-0.4, -0.2) is 54.7 Å². The van der Waals surface area contributed by atoms with Crippen LogP contribution < -0.4 is 10.2 Å². The molecule has 2 fully saturated rings. The molecule has 2 heterocycles. The van der Waals surface area contributed by atoms with Gasteiger partial charge in [0.05, 0.1) is 18.2 Å². The molecule has 1 N–H and O–H groups in total. The molecule has 0 aliphatic carbocycles. The van der Waals surface area contributed by atoms with Gasteiger partial charge in [-0.25, -0.2) is 4.79 Å². The molecule has 25 heavy (non-hydrogen) atoms. The van der Waals surface area contributed by atoms with Crippen LogP contribution in [0.3, 0.4) is 0 Å². The van der Waals surface area contributed by atoms with E-state index in [0.717, 1.165) is 11.3 Å². The maximum atomic E-state index is 12.5. The van der Waals surface area contributed by atoms with Crippen molar-refractivity contribution in [1.29, 1.82) is 0 Å². The molecular weight excluding hydrogens is 318 g/mol. The largest absolute Gasteiger partial charge is 0.372 e. The van der Waals surface area contributed by atoms with Gasteiger partial charge in [0.2, 0.25) is 5.91 Å². The van der Waals surface area contributed by atoms with Crippen LogP contribution in [0, 0.1) is 13.8 Å². The Hall–Kier alpha value is -2.08. The number of anilines is 1. The van der Waals surface area contributed by atoms with E-state index >= 15 is 0 Å². The van der Waals surface area contributed by atoms with Gasteiger partial charge < -0.3 is 19.9 Å². The molecule has 0 unspecified atom stereocenters. The molecule has 3 rings (SSSR count). The number of morpholine rings is 1. The third kappa shape index (κ3) is 3.95. The number of rotatable bonds is 2. The SMILES string of the molecule is Cc1ccc(N2C[C@@H](NC(=O)N3C[C@@H](C)O[C@H](C)C3)CC2=O)cc1C. The van der Waals surface area contributed by atoms with E-state index < -0.39 is 0 Å². The second kappa shape index (κ2) is 7.04. The third-order valence-corrected chi connectivity index (χ3v) is 4.96. The number of benzene rings is 1. The van der Waals surface area contributed by atoms with Crippen molar-refractivity contribution in [1.82, 2.24) is 10.2 Å². The smallest absolute Gasteiger partial charge is 0.317 e. The summed E-state index contributed by atoms with van der Waals surface area (Å²) < 4.78 is 5.67. The zero-order chi connectivity index (χ0) is 18.1. The summed E-state index contributed by atoms with van der Waals surface area (Å²) in [4.78, 5) is 28.5. The van der Waals surface area contributed by atoms with E-state index in [4.69, 9.17) is 4.74 Å². The van der Waals surface area contributed by atoms with Gasteiger partial charge in [0.25, 0.3) is 0 Å².